The lowest BCUT2D eigenvalue weighted by molar-refractivity contribution is 0.0939. The molecule has 2 aromatic carbocycles. The zero-order valence-corrected chi connectivity index (χ0v) is 14.3. The first-order valence-electron chi connectivity index (χ1n) is 8.41. The molecule has 26 heavy (non-hydrogen) atoms. The second-order valence-electron chi connectivity index (χ2n) is 6.14. The molecule has 1 atom stereocenters. The summed E-state index contributed by atoms with van der Waals surface area (Å²) in [6, 6.07) is 17.3. The Morgan fingerprint density at radius 3 is 2.65 bits per heavy atom. The van der Waals surface area contributed by atoms with Gasteiger partial charge in [0.05, 0.1) is 11.6 Å². The molecule has 4 rings (SSSR count). The number of aromatic nitrogens is 1. The number of amides is 1. The molecule has 1 N–H and O–H groups in total. The molecule has 0 aliphatic carbocycles. The number of ether oxygens (including phenoxy) is 2. The summed E-state index contributed by atoms with van der Waals surface area (Å²) in [6.45, 7) is 2.19. The van der Waals surface area contributed by atoms with E-state index in [1.807, 2.05) is 61.5 Å². The third kappa shape index (κ3) is 3.24. The van der Waals surface area contributed by atoms with Crippen LogP contribution in [0.25, 0.3) is 11.1 Å². The van der Waals surface area contributed by atoms with E-state index in [4.69, 9.17) is 9.47 Å². The summed E-state index contributed by atoms with van der Waals surface area (Å²) in [5, 5.41) is 3.01. The fraction of sp³-hybridized carbons (Fsp3) is 0.143. The van der Waals surface area contributed by atoms with Crippen molar-refractivity contribution >= 4 is 5.91 Å². The van der Waals surface area contributed by atoms with Crippen LogP contribution in [0.15, 0.2) is 67.0 Å². The molecular weight excluding hydrogens is 328 g/mol. The third-order valence-electron chi connectivity index (χ3n) is 4.35. The van der Waals surface area contributed by atoms with Crippen molar-refractivity contribution in [3.05, 3.63) is 78.1 Å². The van der Waals surface area contributed by atoms with E-state index in [9.17, 15) is 4.79 Å². The molecule has 0 bridgehead atoms. The van der Waals surface area contributed by atoms with E-state index >= 15 is 0 Å². The summed E-state index contributed by atoms with van der Waals surface area (Å²) >= 11 is 0. The maximum absolute atomic E-state index is 12.6. The van der Waals surface area contributed by atoms with Crippen LogP contribution in [-0.2, 0) is 0 Å². The van der Waals surface area contributed by atoms with Gasteiger partial charge in [0.15, 0.2) is 11.5 Å². The fourth-order valence-electron chi connectivity index (χ4n) is 2.90. The van der Waals surface area contributed by atoms with Gasteiger partial charge in [0.1, 0.15) is 0 Å². The highest BCUT2D eigenvalue weighted by Crippen LogP contribution is 2.35. The van der Waals surface area contributed by atoms with Gasteiger partial charge in [0, 0.05) is 18.0 Å². The van der Waals surface area contributed by atoms with E-state index in [2.05, 4.69) is 10.3 Å². The second kappa shape index (κ2) is 6.88. The molecule has 1 aliphatic heterocycles. The van der Waals surface area contributed by atoms with Gasteiger partial charge in [0.2, 0.25) is 6.79 Å². The van der Waals surface area contributed by atoms with Gasteiger partial charge in [0.25, 0.3) is 5.91 Å². The van der Waals surface area contributed by atoms with Crippen LogP contribution in [0.2, 0.25) is 0 Å². The van der Waals surface area contributed by atoms with Crippen molar-refractivity contribution < 1.29 is 14.3 Å². The summed E-state index contributed by atoms with van der Waals surface area (Å²) in [5.41, 5.74) is 3.35. The lowest BCUT2D eigenvalue weighted by atomic mass is 10.0. The van der Waals surface area contributed by atoms with Crippen LogP contribution in [0, 0.1) is 0 Å². The number of carbonyl (C=O) groups is 1. The Morgan fingerprint density at radius 2 is 1.81 bits per heavy atom. The molecule has 0 unspecified atom stereocenters. The summed E-state index contributed by atoms with van der Waals surface area (Å²) < 4.78 is 10.8. The van der Waals surface area contributed by atoms with Crippen LogP contribution in [0.1, 0.15) is 28.9 Å². The van der Waals surface area contributed by atoms with Crippen molar-refractivity contribution in [1.82, 2.24) is 10.3 Å². The standard InChI is InChI=1S/C21H18N2O3/c1-14(15-5-3-2-4-6-15)23-21(24)18-9-17(11-22-12-18)16-7-8-19-20(10-16)26-13-25-19/h2-12,14H,13H2,1H3,(H,23,24)/t14-/m0/s1. The molecule has 0 saturated carbocycles. The van der Waals surface area contributed by atoms with Gasteiger partial charge in [-0.05, 0) is 36.2 Å². The van der Waals surface area contributed by atoms with Crippen molar-refractivity contribution in [2.75, 3.05) is 6.79 Å². The first kappa shape index (κ1) is 16.1. The van der Waals surface area contributed by atoms with Crippen LogP contribution >= 0.6 is 0 Å². The van der Waals surface area contributed by atoms with Gasteiger partial charge in [-0.3, -0.25) is 9.78 Å². The lowest BCUT2D eigenvalue weighted by Gasteiger charge is -2.14. The average molecular weight is 346 g/mol. The molecule has 1 amide bonds. The van der Waals surface area contributed by atoms with E-state index in [0.717, 1.165) is 22.4 Å². The molecule has 0 radical (unpaired) electrons. The van der Waals surface area contributed by atoms with Crippen molar-refractivity contribution in [1.29, 1.82) is 0 Å². The third-order valence-corrected chi connectivity index (χ3v) is 4.35. The SMILES string of the molecule is C[C@H](NC(=O)c1cncc(-c2ccc3c(c2)OCO3)c1)c1ccccc1. The highest BCUT2D eigenvalue weighted by Gasteiger charge is 2.16. The van der Waals surface area contributed by atoms with E-state index < -0.39 is 0 Å². The molecule has 3 aromatic rings. The number of carbonyl (C=O) groups excluding carboxylic acids is 1. The molecule has 1 aliphatic rings. The van der Waals surface area contributed by atoms with Gasteiger partial charge in [-0.25, -0.2) is 0 Å². The first-order chi connectivity index (χ1) is 12.7. The summed E-state index contributed by atoms with van der Waals surface area (Å²) in [4.78, 5) is 16.8. The Kier molecular flexibility index (Phi) is 4.27. The average Bonchev–Trinajstić information content (AvgIpc) is 3.16. The van der Waals surface area contributed by atoms with Crippen LogP contribution in [-0.4, -0.2) is 17.7 Å². The monoisotopic (exact) mass is 346 g/mol. The molecule has 130 valence electrons. The maximum Gasteiger partial charge on any atom is 0.253 e. The number of hydrogen-bond acceptors (Lipinski definition) is 4. The predicted molar refractivity (Wildman–Crippen MR) is 98.1 cm³/mol. The van der Waals surface area contributed by atoms with E-state index in [1.165, 1.54) is 0 Å². The first-order valence-corrected chi connectivity index (χ1v) is 8.41. The summed E-state index contributed by atoms with van der Waals surface area (Å²) in [7, 11) is 0. The molecule has 0 saturated heterocycles. The molecule has 0 fully saturated rings. The molecule has 2 heterocycles. The Morgan fingerprint density at radius 1 is 1.00 bits per heavy atom. The number of benzene rings is 2. The number of rotatable bonds is 4. The summed E-state index contributed by atoms with van der Waals surface area (Å²) in [5.74, 6) is 1.28. The van der Waals surface area contributed by atoms with Crippen LogP contribution < -0.4 is 14.8 Å². The Labute approximate surface area is 151 Å². The number of fused-ring (bicyclic) bond motifs is 1. The van der Waals surface area contributed by atoms with E-state index in [1.54, 1.807) is 12.4 Å². The van der Waals surface area contributed by atoms with Gasteiger partial charge in [-0.1, -0.05) is 36.4 Å². The van der Waals surface area contributed by atoms with Crippen LogP contribution in [0.4, 0.5) is 0 Å². The normalized spacial score (nSPS) is 13.3. The second-order valence-corrected chi connectivity index (χ2v) is 6.14. The molecule has 5 heteroatoms. The molecular formula is C21H18N2O3. The van der Waals surface area contributed by atoms with Crippen LogP contribution in [0.3, 0.4) is 0 Å². The van der Waals surface area contributed by atoms with Crippen molar-refractivity contribution in [3.8, 4) is 22.6 Å². The number of pyridine rings is 1. The minimum absolute atomic E-state index is 0.0853. The Bertz CT molecular complexity index is 941. The van der Waals surface area contributed by atoms with Crippen molar-refractivity contribution in [3.63, 3.8) is 0 Å². The van der Waals surface area contributed by atoms with Gasteiger partial charge < -0.3 is 14.8 Å². The number of nitrogens with zero attached hydrogens (tertiary/aromatic N) is 1. The smallest absolute Gasteiger partial charge is 0.253 e. The Hall–Kier alpha value is -3.34. The van der Waals surface area contributed by atoms with Gasteiger partial charge in [-0.2, -0.15) is 0 Å². The molecule has 1 aromatic heterocycles. The lowest BCUT2D eigenvalue weighted by Crippen LogP contribution is -2.26. The molecule has 5 nitrogen and oxygen atoms in total. The van der Waals surface area contributed by atoms with Crippen molar-refractivity contribution in [2.45, 2.75) is 13.0 Å². The number of nitrogens with one attached hydrogen (secondary N) is 1. The minimum Gasteiger partial charge on any atom is -0.454 e. The highest BCUT2D eigenvalue weighted by molar-refractivity contribution is 5.95. The number of hydrogen-bond donors (Lipinski definition) is 1. The van der Waals surface area contributed by atoms with Crippen LogP contribution in [0.5, 0.6) is 11.5 Å². The quantitative estimate of drug-likeness (QED) is 0.776. The van der Waals surface area contributed by atoms with Gasteiger partial charge >= 0.3 is 0 Å². The van der Waals surface area contributed by atoms with E-state index in [-0.39, 0.29) is 18.7 Å². The zero-order chi connectivity index (χ0) is 17.9. The summed E-state index contributed by atoms with van der Waals surface area (Å²) in [6.07, 6.45) is 3.30. The Balaban J connectivity index is 1.55. The highest BCUT2D eigenvalue weighted by atomic mass is 16.7. The van der Waals surface area contributed by atoms with Gasteiger partial charge in [-0.15, -0.1) is 0 Å². The fourth-order valence-corrected chi connectivity index (χ4v) is 2.90. The largest absolute Gasteiger partial charge is 0.454 e. The predicted octanol–water partition coefficient (Wildman–Crippen LogP) is 3.97. The van der Waals surface area contributed by atoms with Crippen molar-refractivity contribution in [2.24, 2.45) is 0 Å². The zero-order valence-electron chi connectivity index (χ0n) is 14.3. The van der Waals surface area contributed by atoms with E-state index in [0.29, 0.717) is 11.3 Å². The minimum atomic E-state index is -0.156. The maximum atomic E-state index is 12.6. The molecule has 0 spiro atoms. The topological polar surface area (TPSA) is 60.5 Å².